The third-order valence-electron chi connectivity index (χ3n) is 4.07. The number of nitrogens with one attached hydrogen (secondary N) is 1. The van der Waals surface area contributed by atoms with Crippen molar-refractivity contribution in [2.24, 2.45) is 11.8 Å². The third-order valence-corrected chi connectivity index (χ3v) is 4.07. The Labute approximate surface area is 105 Å². The Kier molecular flexibility index (Phi) is 5.60. The van der Waals surface area contributed by atoms with Crippen molar-refractivity contribution in [3.63, 3.8) is 0 Å². The number of ketones is 1. The normalized spacial score (nSPS) is 20.2. The van der Waals surface area contributed by atoms with Crippen LogP contribution in [0.5, 0.6) is 0 Å². The first-order valence-corrected chi connectivity index (χ1v) is 6.84. The molecule has 0 aromatic carbocycles. The van der Waals surface area contributed by atoms with Gasteiger partial charge in [-0.25, -0.2) is 0 Å². The Balaban J connectivity index is 2.40. The predicted octanol–water partition coefficient (Wildman–Crippen LogP) is 2.40. The first-order valence-electron chi connectivity index (χ1n) is 6.84. The van der Waals surface area contributed by atoms with Crippen LogP contribution in [0.3, 0.4) is 0 Å². The SMILES string of the molecule is CCC(C)C(=O)COC(C)(C)C1CCNCC1. The van der Waals surface area contributed by atoms with Crippen LogP contribution in [0, 0.1) is 11.8 Å². The van der Waals surface area contributed by atoms with Crippen LogP contribution < -0.4 is 5.32 Å². The molecule has 1 heterocycles. The van der Waals surface area contributed by atoms with E-state index in [1.54, 1.807) is 0 Å². The fourth-order valence-corrected chi connectivity index (χ4v) is 2.26. The Bertz CT molecular complexity index is 245. The molecule has 3 heteroatoms. The molecule has 1 unspecified atom stereocenters. The van der Waals surface area contributed by atoms with Crippen LogP contribution in [0.1, 0.15) is 47.0 Å². The van der Waals surface area contributed by atoms with Gasteiger partial charge in [-0.15, -0.1) is 0 Å². The molecule has 17 heavy (non-hydrogen) atoms. The van der Waals surface area contributed by atoms with Crippen molar-refractivity contribution in [3.05, 3.63) is 0 Å². The highest BCUT2D eigenvalue weighted by atomic mass is 16.5. The first kappa shape index (κ1) is 14.7. The molecule has 0 saturated carbocycles. The quantitative estimate of drug-likeness (QED) is 0.776. The smallest absolute Gasteiger partial charge is 0.161 e. The summed E-state index contributed by atoms with van der Waals surface area (Å²) in [5.41, 5.74) is -0.175. The maximum absolute atomic E-state index is 11.8. The highest BCUT2D eigenvalue weighted by Gasteiger charge is 2.32. The third kappa shape index (κ3) is 4.40. The van der Waals surface area contributed by atoms with Gasteiger partial charge in [-0.2, -0.15) is 0 Å². The summed E-state index contributed by atoms with van der Waals surface area (Å²) in [5, 5.41) is 3.36. The average Bonchev–Trinajstić information content (AvgIpc) is 2.36. The summed E-state index contributed by atoms with van der Waals surface area (Å²) in [4.78, 5) is 11.8. The van der Waals surface area contributed by atoms with Crippen LogP contribution in [-0.4, -0.2) is 31.1 Å². The van der Waals surface area contributed by atoms with Crippen LogP contribution in [0.25, 0.3) is 0 Å². The Morgan fingerprint density at radius 2 is 2.00 bits per heavy atom. The van der Waals surface area contributed by atoms with E-state index < -0.39 is 0 Å². The van der Waals surface area contributed by atoms with E-state index in [4.69, 9.17) is 4.74 Å². The van der Waals surface area contributed by atoms with Gasteiger partial charge in [-0.05, 0) is 52.1 Å². The van der Waals surface area contributed by atoms with Crippen LogP contribution in [0.2, 0.25) is 0 Å². The number of rotatable bonds is 6. The van der Waals surface area contributed by atoms with Gasteiger partial charge in [0.25, 0.3) is 0 Å². The monoisotopic (exact) mass is 241 g/mol. The summed E-state index contributed by atoms with van der Waals surface area (Å²) in [6.45, 7) is 10.7. The zero-order valence-electron chi connectivity index (χ0n) is 11.7. The van der Waals surface area contributed by atoms with Gasteiger partial charge in [0.15, 0.2) is 5.78 Å². The molecule has 0 aromatic heterocycles. The minimum atomic E-state index is -0.175. The van der Waals surface area contributed by atoms with Gasteiger partial charge in [0, 0.05) is 5.92 Å². The zero-order valence-corrected chi connectivity index (χ0v) is 11.7. The van der Waals surface area contributed by atoms with Crippen molar-refractivity contribution < 1.29 is 9.53 Å². The summed E-state index contributed by atoms with van der Waals surface area (Å²) in [6, 6.07) is 0. The first-order chi connectivity index (χ1) is 7.97. The Hall–Kier alpha value is -0.410. The average molecular weight is 241 g/mol. The number of carbonyl (C=O) groups is 1. The van der Waals surface area contributed by atoms with Crippen molar-refractivity contribution >= 4 is 5.78 Å². The van der Waals surface area contributed by atoms with Crippen molar-refractivity contribution in [3.8, 4) is 0 Å². The highest BCUT2D eigenvalue weighted by molar-refractivity contribution is 5.81. The lowest BCUT2D eigenvalue weighted by atomic mass is 9.83. The van der Waals surface area contributed by atoms with Gasteiger partial charge in [-0.3, -0.25) is 4.79 Å². The van der Waals surface area contributed by atoms with E-state index >= 15 is 0 Å². The van der Waals surface area contributed by atoms with Gasteiger partial charge in [0.1, 0.15) is 6.61 Å². The second-order valence-corrected chi connectivity index (χ2v) is 5.69. The lowest BCUT2D eigenvalue weighted by molar-refractivity contribution is -0.137. The second kappa shape index (κ2) is 6.50. The number of ether oxygens (including phenoxy) is 1. The second-order valence-electron chi connectivity index (χ2n) is 5.69. The molecule has 1 saturated heterocycles. The molecule has 0 amide bonds. The number of hydrogen-bond donors (Lipinski definition) is 1. The molecule has 0 aliphatic carbocycles. The predicted molar refractivity (Wildman–Crippen MR) is 70.1 cm³/mol. The lowest BCUT2D eigenvalue weighted by Crippen LogP contribution is -2.42. The number of carbonyl (C=O) groups excluding carboxylic acids is 1. The number of piperidine rings is 1. The van der Waals surface area contributed by atoms with Gasteiger partial charge in [0.2, 0.25) is 0 Å². The van der Waals surface area contributed by atoms with E-state index in [1.165, 1.54) is 0 Å². The molecule has 3 nitrogen and oxygen atoms in total. The molecular formula is C14H27NO2. The minimum Gasteiger partial charge on any atom is -0.368 e. The van der Waals surface area contributed by atoms with Gasteiger partial charge >= 0.3 is 0 Å². The van der Waals surface area contributed by atoms with Crippen LogP contribution in [0.15, 0.2) is 0 Å². The summed E-state index contributed by atoms with van der Waals surface area (Å²) < 4.78 is 5.88. The molecule has 0 spiro atoms. The van der Waals surface area contributed by atoms with E-state index in [-0.39, 0.29) is 23.9 Å². The van der Waals surface area contributed by atoms with Gasteiger partial charge in [-0.1, -0.05) is 13.8 Å². The summed E-state index contributed by atoms with van der Waals surface area (Å²) >= 11 is 0. The molecule has 0 bridgehead atoms. The molecule has 1 aliphatic heterocycles. The van der Waals surface area contributed by atoms with Crippen LogP contribution >= 0.6 is 0 Å². The minimum absolute atomic E-state index is 0.124. The lowest BCUT2D eigenvalue weighted by Gasteiger charge is -2.37. The summed E-state index contributed by atoms with van der Waals surface area (Å²) in [7, 11) is 0. The highest BCUT2D eigenvalue weighted by Crippen LogP contribution is 2.28. The largest absolute Gasteiger partial charge is 0.368 e. The van der Waals surface area contributed by atoms with E-state index in [9.17, 15) is 4.79 Å². The Morgan fingerprint density at radius 1 is 1.41 bits per heavy atom. The molecule has 1 atom stereocenters. The fraction of sp³-hybridized carbons (Fsp3) is 0.929. The summed E-state index contributed by atoms with van der Waals surface area (Å²) in [6.07, 6.45) is 3.19. The van der Waals surface area contributed by atoms with Crippen LogP contribution in [0.4, 0.5) is 0 Å². The molecule has 1 aliphatic rings. The van der Waals surface area contributed by atoms with E-state index in [0.29, 0.717) is 5.92 Å². The molecule has 100 valence electrons. The van der Waals surface area contributed by atoms with Crippen molar-refractivity contribution in [2.75, 3.05) is 19.7 Å². The van der Waals surface area contributed by atoms with Crippen molar-refractivity contribution in [2.45, 2.75) is 52.6 Å². The molecule has 0 radical (unpaired) electrons. The summed E-state index contributed by atoms with van der Waals surface area (Å²) in [5.74, 6) is 0.918. The maximum Gasteiger partial charge on any atom is 0.161 e. The Morgan fingerprint density at radius 3 is 2.53 bits per heavy atom. The van der Waals surface area contributed by atoms with Crippen molar-refractivity contribution in [1.82, 2.24) is 5.32 Å². The maximum atomic E-state index is 11.8. The zero-order chi connectivity index (χ0) is 12.9. The molecule has 1 fully saturated rings. The van der Waals surface area contributed by atoms with Gasteiger partial charge < -0.3 is 10.1 Å². The molecular weight excluding hydrogens is 214 g/mol. The molecule has 0 aromatic rings. The van der Waals surface area contributed by atoms with Crippen LogP contribution in [-0.2, 0) is 9.53 Å². The number of Topliss-reactive ketones (excluding diaryl/α,β-unsaturated/α-hetero) is 1. The fourth-order valence-electron chi connectivity index (χ4n) is 2.26. The van der Waals surface area contributed by atoms with E-state index in [0.717, 1.165) is 32.4 Å². The molecule has 1 N–H and O–H groups in total. The standard InChI is InChI=1S/C14H27NO2/c1-5-11(2)13(16)10-17-14(3,4)12-6-8-15-9-7-12/h11-12,15H,5-10H2,1-4H3. The number of hydrogen-bond acceptors (Lipinski definition) is 3. The molecule has 1 rings (SSSR count). The van der Waals surface area contributed by atoms with E-state index in [1.807, 2.05) is 13.8 Å². The topological polar surface area (TPSA) is 38.3 Å². The van der Waals surface area contributed by atoms with E-state index in [2.05, 4.69) is 19.2 Å². The van der Waals surface area contributed by atoms with Gasteiger partial charge in [0.05, 0.1) is 5.60 Å². The van der Waals surface area contributed by atoms with Crippen molar-refractivity contribution in [1.29, 1.82) is 0 Å².